The lowest BCUT2D eigenvalue weighted by molar-refractivity contribution is -0.121. The third-order valence-corrected chi connectivity index (χ3v) is 2.32. The van der Waals surface area contributed by atoms with E-state index >= 15 is 0 Å². The zero-order valence-corrected chi connectivity index (χ0v) is 6.92. The van der Waals surface area contributed by atoms with Crippen LogP contribution in [0.5, 0.6) is 0 Å². The van der Waals surface area contributed by atoms with Crippen LogP contribution in [-0.4, -0.2) is 30.8 Å². The SMILES string of the molecule is CC(=O)[C@H]1CN(C)C[C@@H]1C. The molecule has 1 aliphatic heterocycles. The minimum absolute atomic E-state index is 0.296. The monoisotopic (exact) mass is 141 g/mol. The van der Waals surface area contributed by atoms with Gasteiger partial charge in [-0.1, -0.05) is 6.92 Å². The van der Waals surface area contributed by atoms with Crippen molar-refractivity contribution < 1.29 is 4.79 Å². The molecule has 0 N–H and O–H groups in total. The highest BCUT2D eigenvalue weighted by Crippen LogP contribution is 2.21. The van der Waals surface area contributed by atoms with E-state index in [0.29, 0.717) is 17.6 Å². The van der Waals surface area contributed by atoms with Gasteiger partial charge in [0.1, 0.15) is 5.78 Å². The van der Waals surface area contributed by atoms with E-state index in [0.717, 1.165) is 13.1 Å². The van der Waals surface area contributed by atoms with Crippen LogP contribution in [0.4, 0.5) is 0 Å². The van der Waals surface area contributed by atoms with Gasteiger partial charge in [0.05, 0.1) is 0 Å². The minimum atomic E-state index is 0.296. The Morgan fingerprint density at radius 1 is 1.50 bits per heavy atom. The number of carbonyl (C=O) groups excluding carboxylic acids is 1. The Bertz CT molecular complexity index is 144. The van der Waals surface area contributed by atoms with Crippen LogP contribution >= 0.6 is 0 Å². The third kappa shape index (κ3) is 1.37. The molecule has 1 aliphatic rings. The van der Waals surface area contributed by atoms with E-state index in [1.807, 2.05) is 0 Å². The molecule has 0 aliphatic carbocycles. The number of likely N-dealkylation sites (tertiary alicyclic amines) is 1. The summed E-state index contributed by atoms with van der Waals surface area (Å²) in [6.45, 7) is 5.87. The fourth-order valence-electron chi connectivity index (χ4n) is 1.74. The number of Topliss-reactive ketones (excluding diaryl/α,β-unsaturated/α-hetero) is 1. The van der Waals surface area contributed by atoms with Gasteiger partial charge in [0.2, 0.25) is 0 Å². The highest BCUT2D eigenvalue weighted by atomic mass is 16.1. The standard InChI is InChI=1S/C8H15NO/c1-6-4-9(3)5-8(6)7(2)10/h6,8H,4-5H2,1-3H3/t6-,8-/m0/s1. The van der Waals surface area contributed by atoms with Crippen molar-refractivity contribution in [2.24, 2.45) is 11.8 Å². The van der Waals surface area contributed by atoms with Gasteiger partial charge >= 0.3 is 0 Å². The Morgan fingerprint density at radius 2 is 2.10 bits per heavy atom. The molecule has 0 amide bonds. The van der Waals surface area contributed by atoms with Crippen molar-refractivity contribution in [1.82, 2.24) is 4.90 Å². The van der Waals surface area contributed by atoms with Gasteiger partial charge in [-0.3, -0.25) is 4.79 Å². The van der Waals surface area contributed by atoms with Crippen molar-refractivity contribution in [3.05, 3.63) is 0 Å². The number of carbonyl (C=O) groups is 1. The molecule has 1 fully saturated rings. The largest absolute Gasteiger partial charge is 0.305 e. The normalized spacial score (nSPS) is 34.7. The van der Waals surface area contributed by atoms with Gasteiger partial charge in [0.15, 0.2) is 0 Å². The first kappa shape index (κ1) is 7.73. The smallest absolute Gasteiger partial charge is 0.134 e. The van der Waals surface area contributed by atoms with Crippen molar-refractivity contribution in [3.63, 3.8) is 0 Å². The Kier molecular flexibility index (Phi) is 2.09. The van der Waals surface area contributed by atoms with Gasteiger partial charge in [-0.05, 0) is 19.9 Å². The fraction of sp³-hybridized carbons (Fsp3) is 0.875. The maximum Gasteiger partial charge on any atom is 0.134 e. The van der Waals surface area contributed by atoms with E-state index in [1.165, 1.54) is 0 Å². The van der Waals surface area contributed by atoms with Crippen LogP contribution in [0.15, 0.2) is 0 Å². The lowest BCUT2D eigenvalue weighted by Crippen LogP contribution is -2.18. The van der Waals surface area contributed by atoms with Crippen LogP contribution in [0.25, 0.3) is 0 Å². The number of rotatable bonds is 1. The summed E-state index contributed by atoms with van der Waals surface area (Å²) in [5, 5.41) is 0. The van der Waals surface area contributed by atoms with Crippen molar-refractivity contribution in [1.29, 1.82) is 0 Å². The van der Waals surface area contributed by atoms with Crippen LogP contribution in [-0.2, 0) is 4.79 Å². The number of hydrogen-bond acceptors (Lipinski definition) is 2. The summed E-state index contributed by atoms with van der Waals surface area (Å²) in [6, 6.07) is 0. The maximum absolute atomic E-state index is 11.0. The summed E-state index contributed by atoms with van der Waals surface area (Å²) < 4.78 is 0. The first-order valence-electron chi connectivity index (χ1n) is 3.80. The molecule has 0 spiro atoms. The summed E-state index contributed by atoms with van der Waals surface area (Å²) in [7, 11) is 2.07. The summed E-state index contributed by atoms with van der Waals surface area (Å²) in [4.78, 5) is 13.2. The molecule has 1 saturated heterocycles. The third-order valence-electron chi connectivity index (χ3n) is 2.32. The van der Waals surface area contributed by atoms with E-state index < -0.39 is 0 Å². The van der Waals surface area contributed by atoms with E-state index in [4.69, 9.17) is 0 Å². The fourth-order valence-corrected chi connectivity index (χ4v) is 1.74. The van der Waals surface area contributed by atoms with Crippen molar-refractivity contribution in [3.8, 4) is 0 Å². The molecule has 0 bridgehead atoms. The molecule has 0 saturated carbocycles. The van der Waals surface area contributed by atoms with Crippen LogP contribution in [0.2, 0.25) is 0 Å². The van der Waals surface area contributed by atoms with Crippen LogP contribution in [0, 0.1) is 11.8 Å². The average Bonchev–Trinajstić information content (AvgIpc) is 2.10. The van der Waals surface area contributed by atoms with E-state index in [1.54, 1.807) is 6.92 Å². The van der Waals surface area contributed by atoms with Crippen molar-refractivity contribution in [2.45, 2.75) is 13.8 Å². The maximum atomic E-state index is 11.0. The van der Waals surface area contributed by atoms with Crippen molar-refractivity contribution >= 4 is 5.78 Å². The van der Waals surface area contributed by atoms with Gasteiger partial charge < -0.3 is 4.90 Å². The Morgan fingerprint density at radius 3 is 2.30 bits per heavy atom. The predicted molar refractivity (Wildman–Crippen MR) is 40.8 cm³/mol. The molecule has 0 aromatic carbocycles. The van der Waals surface area contributed by atoms with Crippen LogP contribution in [0.1, 0.15) is 13.8 Å². The molecule has 1 rings (SSSR count). The van der Waals surface area contributed by atoms with Gasteiger partial charge in [-0.15, -0.1) is 0 Å². The second kappa shape index (κ2) is 2.70. The number of ketones is 1. The molecular formula is C8H15NO. The first-order valence-corrected chi connectivity index (χ1v) is 3.80. The second-order valence-corrected chi connectivity index (χ2v) is 3.42. The van der Waals surface area contributed by atoms with Gasteiger partial charge in [0, 0.05) is 19.0 Å². The quantitative estimate of drug-likeness (QED) is 0.537. The molecular weight excluding hydrogens is 126 g/mol. The lowest BCUT2D eigenvalue weighted by atomic mass is 9.95. The van der Waals surface area contributed by atoms with E-state index in [-0.39, 0.29) is 0 Å². The van der Waals surface area contributed by atoms with Gasteiger partial charge in [-0.25, -0.2) is 0 Å². The zero-order chi connectivity index (χ0) is 7.72. The molecule has 0 aromatic rings. The van der Waals surface area contributed by atoms with E-state index in [2.05, 4.69) is 18.9 Å². The molecule has 0 unspecified atom stereocenters. The summed E-state index contributed by atoms with van der Waals surface area (Å²) in [6.07, 6.45) is 0. The zero-order valence-electron chi connectivity index (χ0n) is 6.92. The Hall–Kier alpha value is -0.370. The molecule has 0 aromatic heterocycles. The van der Waals surface area contributed by atoms with Gasteiger partial charge in [-0.2, -0.15) is 0 Å². The summed E-state index contributed by atoms with van der Waals surface area (Å²) in [5.74, 6) is 1.20. The Labute approximate surface area is 62.2 Å². The Balaban J connectivity index is 2.54. The molecule has 1 heterocycles. The van der Waals surface area contributed by atoms with E-state index in [9.17, 15) is 4.79 Å². The number of hydrogen-bond donors (Lipinski definition) is 0. The second-order valence-electron chi connectivity index (χ2n) is 3.42. The summed E-state index contributed by atoms with van der Waals surface area (Å²) >= 11 is 0. The first-order chi connectivity index (χ1) is 4.61. The van der Waals surface area contributed by atoms with Crippen molar-refractivity contribution in [2.75, 3.05) is 20.1 Å². The lowest BCUT2D eigenvalue weighted by Gasteiger charge is -2.07. The molecule has 58 valence electrons. The molecule has 10 heavy (non-hydrogen) atoms. The van der Waals surface area contributed by atoms with Gasteiger partial charge in [0.25, 0.3) is 0 Å². The highest BCUT2D eigenvalue weighted by molar-refractivity contribution is 5.79. The topological polar surface area (TPSA) is 20.3 Å². The van der Waals surface area contributed by atoms with Crippen LogP contribution in [0.3, 0.4) is 0 Å². The van der Waals surface area contributed by atoms with Crippen LogP contribution < -0.4 is 0 Å². The minimum Gasteiger partial charge on any atom is -0.305 e. The molecule has 2 heteroatoms. The predicted octanol–water partition coefficient (Wildman–Crippen LogP) is 0.773. The average molecular weight is 141 g/mol. The molecule has 2 atom stereocenters. The molecule has 2 nitrogen and oxygen atoms in total. The number of nitrogens with zero attached hydrogens (tertiary/aromatic N) is 1. The summed E-state index contributed by atoms with van der Waals surface area (Å²) in [5.41, 5.74) is 0. The molecule has 0 radical (unpaired) electrons. The highest BCUT2D eigenvalue weighted by Gasteiger charge is 2.30.